The lowest BCUT2D eigenvalue weighted by atomic mass is 9.41. The summed E-state index contributed by atoms with van der Waals surface area (Å²) in [5, 5.41) is 24.7. The summed E-state index contributed by atoms with van der Waals surface area (Å²) in [6, 6.07) is -0.602. The molecular weight excluding hydrogens is 500 g/mol. The molecule has 8 heteroatoms. The van der Waals surface area contributed by atoms with Gasteiger partial charge in [-0.25, -0.2) is 17.9 Å². The van der Waals surface area contributed by atoms with Gasteiger partial charge in [0.2, 0.25) is 10.0 Å². The monoisotopic (exact) mass is 552 g/mol. The average molecular weight is 553 g/mol. The molecule has 0 radical (unpaired) electrons. The predicted molar refractivity (Wildman–Crippen MR) is 149 cm³/mol. The van der Waals surface area contributed by atoms with Crippen molar-refractivity contribution >= 4 is 16.1 Å². The zero-order valence-corrected chi connectivity index (χ0v) is 24.8. The molecule has 0 saturated heterocycles. The molecule has 0 aliphatic heterocycles. The fourth-order valence-electron chi connectivity index (χ4n) is 10.4. The molecule has 0 spiro atoms. The normalized spacial score (nSPS) is 45.4. The van der Waals surface area contributed by atoms with Gasteiger partial charge in [-0.05, 0) is 123 Å². The maximum atomic E-state index is 12.1. The molecule has 11 atom stereocenters. The summed E-state index contributed by atoms with van der Waals surface area (Å²) in [6.45, 7) is 10.1. The van der Waals surface area contributed by atoms with E-state index in [1.54, 1.807) is 0 Å². The highest BCUT2D eigenvalue weighted by Gasteiger charge is 2.64. The van der Waals surface area contributed by atoms with Gasteiger partial charge in [-0.1, -0.05) is 34.1 Å². The molecule has 5 aliphatic carbocycles. The van der Waals surface area contributed by atoms with Crippen molar-refractivity contribution in [3.8, 4) is 0 Å². The van der Waals surface area contributed by atoms with Crippen molar-refractivity contribution in [1.29, 1.82) is 0 Å². The summed E-state index contributed by atoms with van der Waals surface area (Å²) in [4.78, 5) is 12.1. The van der Waals surface area contributed by atoms with Crippen molar-refractivity contribution in [2.75, 3.05) is 6.54 Å². The summed E-state index contributed by atoms with van der Waals surface area (Å²) in [5.74, 6) is 3.33. The van der Waals surface area contributed by atoms with E-state index in [4.69, 9.17) is 0 Å². The number of nitrogens with one attached hydrogen (secondary N) is 2. The Kier molecular flexibility index (Phi) is 7.93. The summed E-state index contributed by atoms with van der Waals surface area (Å²) in [7, 11) is -3.50. The molecule has 7 nitrogen and oxygen atoms in total. The van der Waals surface area contributed by atoms with Gasteiger partial charge in [-0.2, -0.15) is 0 Å². The Morgan fingerprint density at radius 3 is 2.34 bits per heavy atom. The predicted octanol–water partition coefficient (Wildman–Crippen LogP) is 4.82. The molecule has 218 valence electrons. The highest BCUT2D eigenvalue weighted by molar-refractivity contribution is 7.90. The van der Waals surface area contributed by atoms with Gasteiger partial charge >= 0.3 is 6.03 Å². The van der Waals surface area contributed by atoms with E-state index >= 15 is 0 Å². The number of aliphatic hydroxyl groups is 2. The van der Waals surface area contributed by atoms with Gasteiger partial charge in [-0.15, -0.1) is 0 Å². The van der Waals surface area contributed by atoms with Crippen LogP contribution < -0.4 is 10.0 Å². The highest BCUT2D eigenvalue weighted by atomic mass is 32.2. The van der Waals surface area contributed by atoms with Crippen molar-refractivity contribution in [2.45, 2.75) is 122 Å². The third kappa shape index (κ3) is 4.93. The quantitative estimate of drug-likeness (QED) is 0.322. The molecule has 7 unspecified atom stereocenters. The molecule has 5 rings (SSSR count). The number of hydrogen-bond donors (Lipinski definition) is 4. The SMILES string of the molecule is CC[C@@H]1C2C[C@H](O)CCC2(C)C2CCC3(C)C(CCC3[C@H](C)CCCNC(=O)NS(=O)(=O)C3CC3)C2[C@@H]1O. The molecule has 2 amide bonds. The number of amides is 2. The number of hydrogen-bond acceptors (Lipinski definition) is 5. The van der Waals surface area contributed by atoms with E-state index in [1.807, 2.05) is 0 Å². The van der Waals surface area contributed by atoms with E-state index in [0.29, 0.717) is 54.9 Å². The van der Waals surface area contributed by atoms with Gasteiger partial charge in [0.15, 0.2) is 0 Å². The van der Waals surface area contributed by atoms with Gasteiger partial charge in [-0.3, -0.25) is 0 Å². The Morgan fingerprint density at radius 2 is 1.66 bits per heavy atom. The minimum absolute atomic E-state index is 0.209. The van der Waals surface area contributed by atoms with Crippen LogP contribution in [0.3, 0.4) is 0 Å². The lowest BCUT2D eigenvalue weighted by Gasteiger charge is -2.64. The van der Waals surface area contributed by atoms with E-state index in [2.05, 4.69) is 37.7 Å². The number of urea groups is 1. The van der Waals surface area contributed by atoms with E-state index in [9.17, 15) is 23.4 Å². The third-order valence-electron chi connectivity index (χ3n) is 12.5. The number of carbonyl (C=O) groups excluding carboxylic acids is 1. The van der Waals surface area contributed by atoms with Crippen LogP contribution in [0.15, 0.2) is 0 Å². The zero-order valence-electron chi connectivity index (χ0n) is 24.0. The molecule has 5 fully saturated rings. The molecule has 0 heterocycles. The largest absolute Gasteiger partial charge is 0.393 e. The van der Waals surface area contributed by atoms with Gasteiger partial charge in [0, 0.05) is 6.54 Å². The fourth-order valence-corrected chi connectivity index (χ4v) is 11.6. The second kappa shape index (κ2) is 10.5. The Morgan fingerprint density at radius 1 is 0.974 bits per heavy atom. The maximum Gasteiger partial charge on any atom is 0.328 e. The van der Waals surface area contributed by atoms with Crippen LogP contribution in [0.25, 0.3) is 0 Å². The Labute approximate surface area is 230 Å². The van der Waals surface area contributed by atoms with Crippen LogP contribution in [-0.2, 0) is 10.0 Å². The van der Waals surface area contributed by atoms with Crippen molar-refractivity contribution in [3.05, 3.63) is 0 Å². The maximum absolute atomic E-state index is 12.1. The van der Waals surface area contributed by atoms with Gasteiger partial charge < -0.3 is 15.5 Å². The van der Waals surface area contributed by atoms with Crippen LogP contribution in [0.5, 0.6) is 0 Å². The van der Waals surface area contributed by atoms with Gasteiger partial charge in [0.05, 0.1) is 17.5 Å². The third-order valence-corrected chi connectivity index (χ3v) is 14.3. The van der Waals surface area contributed by atoms with Crippen LogP contribution in [-0.4, -0.2) is 48.7 Å². The number of aliphatic hydroxyl groups excluding tert-OH is 2. The second-order valence-electron chi connectivity index (χ2n) is 14.3. The first kappa shape index (κ1) is 28.7. The van der Waals surface area contributed by atoms with Gasteiger partial charge in [0.1, 0.15) is 0 Å². The first-order chi connectivity index (χ1) is 17.9. The minimum atomic E-state index is -3.50. The molecule has 0 aromatic rings. The van der Waals surface area contributed by atoms with E-state index in [1.165, 1.54) is 25.7 Å². The molecular formula is C30H52N2O5S. The summed E-state index contributed by atoms with van der Waals surface area (Å²) in [5.41, 5.74) is 0.467. The van der Waals surface area contributed by atoms with Crippen LogP contribution >= 0.6 is 0 Å². The lowest BCUT2D eigenvalue weighted by Crippen LogP contribution is -2.62. The van der Waals surface area contributed by atoms with Crippen LogP contribution in [0.1, 0.15) is 105 Å². The van der Waals surface area contributed by atoms with Crippen molar-refractivity contribution in [3.63, 3.8) is 0 Å². The van der Waals surface area contributed by atoms with Crippen molar-refractivity contribution < 1.29 is 23.4 Å². The number of fused-ring (bicyclic) bond motifs is 5. The Balaban J connectivity index is 1.20. The van der Waals surface area contributed by atoms with E-state index in [0.717, 1.165) is 38.5 Å². The Hall–Kier alpha value is -0.860. The van der Waals surface area contributed by atoms with Gasteiger partial charge in [0.25, 0.3) is 0 Å². The van der Waals surface area contributed by atoms with Crippen LogP contribution in [0.2, 0.25) is 0 Å². The van der Waals surface area contributed by atoms with Crippen LogP contribution in [0, 0.1) is 52.3 Å². The molecule has 0 bridgehead atoms. The number of carbonyl (C=O) groups is 1. The van der Waals surface area contributed by atoms with Crippen LogP contribution in [0.4, 0.5) is 4.79 Å². The molecule has 0 aromatic heterocycles. The minimum Gasteiger partial charge on any atom is -0.393 e. The summed E-state index contributed by atoms with van der Waals surface area (Å²) < 4.78 is 26.1. The molecule has 38 heavy (non-hydrogen) atoms. The first-order valence-electron chi connectivity index (χ1n) is 15.6. The first-order valence-corrected chi connectivity index (χ1v) is 17.1. The highest BCUT2D eigenvalue weighted by Crippen LogP contribution is 2.69. The van der Waals surface area contributed by atoms with E-state index < -0.39 is 21.3 Å². The van der Waals surface area contributed by atoms with Crippen molar-refractivity contribution in [2.24, 2.45) is 52.3 Å². The molecule has 5 saturated carbocycles. The lowest BCUT2D eigenvalue weighted by molar-refractivity contribution is -0.203. The van der Waals surface area contributed by atoms with Crippen molar-refractivity contribution in [1.82, 2.24) is 10.0 Å². The summed E-state index contributed by atoms with van der Waals surface area (Å²) >= 11 is 0. The number of rotatable bonds is 8. The molecule has 5 aliphatic rings. The topological polar surface area (TPSA) is 116 Å². The Bertz CT molecular complexity index is 985. The zero-order chi connectivity index (χ0) is 27.5. The molecule has 0 aromatic carbocycles. The second-order valence-corrected chi connectivity index (χ2v) is 16.3. The summed E-state index contributed by atoms with van der Waals surface area (Å²) in [6.07, 6.45) is 11.3. The van der Waals surface area contributed by atoms with E-state index in [-0.39, 0.29) is 29.0 Å². The number of sulfonamides is 1. The average Bonchev–Trinajstić information content (AvgIpc) is 3.66. The molecule has 4 N–H and O–H groups in total. The standard InChI is InChI=1S/C30H52N2O5S/c1-5-21-25-17-19(33)12-14-30(25,4)24-13-15-29(3)22(10-11-23(29)26(24)27(21)34)18(2)7-6-16-31-28(35)32-38(36,37)20-8-9-20/h18-27,33-34H,5-17H2,1-4H3,(H2,31,32,35)/t18-,19-,21-,22?,23?,24?,25?,26?,27-,29?,30?/m1/s1. The fraction of sp³-hybridized carbons (Fsp3) is 0.967. The smallest absolute Gasteiger partial charge is 0.328 e.